The van der Waals surface area contributed by atoms with Gasteiger partial charge in [0.1, 0.15) is 0 Å². The van der Waals surface area contributed by atoms with E-state index in [9.17, 15) is 4.79 Å². The third kappa shape index (κ3) is 4.84. The Balaban J connectivity index is 1.80. The zero-order chi connectivity index (χ0) is 15.8. The molecule has 0 bridgehead atoms. The highest BCUT2D eigenvalue weighted by molar-refractivity contribution is 5.81. The van der Waals surface area contributed by atoms with Crippen molar-refractivity contribution < 1.29 is 4.79 Å². The Labute approximate surface area is 135 Å². The maximum atomic E-state index is 12.7. The molecule has 1 amide bonds. The van der Waals surface area contributed by atoms with E-state index in [4.69, 9.17) is 0 Å². The van der Waals surface area contributed by atoms with Crippen molar-refractivity contribution in [3.8, 4) is 0 Å². The summed E-state index contributed by atoms with van der Waals surface area (Å²) in [6.45, 7) is 5.18. The molecular formula is C19H30N2O. The zero-order valence-electron chi connectivity index (χ0n) is 14.1. The van der Waals surface area contributed by atoms with Crippen LogP contribution in [0.5, 0.6) is 0 Å². The second-order valence-corrected chi connectivity index (χ2v) is 6.40. The van der Waals surface area contributed by atoms with Crippen LogP contribution in [0.15, 0.2) is 30.3 Å². The smallest absolute Gasteiger partial charge is 0.239 e. The summed E-state index contributed by atoms with van der Waals surface area (Å²) < 4.78 is 0. The zero-order valence-corrected chi connectivity index (χ0v) is 14.1. The largest absolute Gasteiger partial charge is 0.344 e. The van der Waals surface area contributed by atoms with E-state index in [0.29, 0.717) is 5.91 Å². The van der Waals surface area contributed by atoms with Crippen LogP contribution >= 0.6 is 0 Å². The molecule has 1 aliphatic rings. The number of carbonyl (C=O) groups excluding carboxylic acids is 1. The van der Waals surface area contributed by atoms with Gasteiger partial charge in [0, 0.05) is 13.6 Å². The summed E-state index contributed by atoms with van der Waals surface area (Å²) in [5.74, 6) is 0.321. The molecule has 0 saturated carbocycles. The first-order valence-electron chi connectivity index (χ1n) is 8.75. The topological polar surface area (TPSA) is 23.6 Å². The Morgan fingerprint density at radius 2 is 2.05 bits per heavy atom. The van der Waals surface area contributed by atoms with E-state index in [1.54, 1.807) is 0 Å². The van der Waals surface area contributed by atoms with Crippen LogP contribution < -0.4 is 0 Å². The van der Waals surface area contributed by atoms with E-state index in [-0.39, 0.29) is 6.04 Å². The summed E-state index contributed by atoms with van der Waals surface area (Å²) in [4.78, 5) is 17.0. The van der Waals surface area contributed by atoms with Gasteiger partial charge in [-0.3, -0.25) is 9.69 Å². The van der Waals surface area contributed by atoms with Crippen LogP contribution in [0.25, 0.3) is 0 Å². The Hall–Kier alpha value is -1.35. The van der Waals surface area contributed by atoms with E-state index in [2.05, 4.69) is 36.1 Å². The molecule has 1 heterocycles. The lowest BCUT2D eigenvalue weighted by Crippen LogP contribution is -2.50. The van der Waals surface area contributed by atoms with Crippen LogP contribution in [0.3, 0.4) is 0 Å². The second-order valence-electron chi connectivity index (χ2n) is 6.40. The summed E-state index contributed by atoms with van der Waals surface area (Å²) in [6.07, 6.45) is 6.66. The number of carbonyl (C=O) groups is 1. The van der Waals surface area contributed by atoms with Gasteiger partial charge in [-0.15, -0.1) is 0 Å². The molecule has 0 N–H and O–H groups in total. The summed E-state index contributed by atoms with van der Waals surface area (Å²) in [5.41, 5.74) is 1.36. The van der Waals surface area contributed by atoms with Crippen LogP contribution in [0, 0.1) is 0 Å². The fourth-order valence-corrected chi connectivity index (χ4v) is 3.36. The molecule has 0 aromatic heterocycles. The first kappa shape index (κ1) is 17.0. The molecule has 22 heavy (non-hydrogen) atoms. The molecule has 0 aliphatic carbocycles. The number of piperidine rings is 1. The van der Waals surface area contributed by atoms with Crippen LogP contribution in [0.1, 0.15) is 44.6 Å². The van der Waals surface area contributed by atoms with Crippen molar-refractivity contribution in [1.29, 1.82) is 0 Å². The highest BCUT2D eigenvalue weighted by Gasteiger charge is 2.29. The Morgan fingerprint density at radius 3 is 2.77 bits per heavy atom. The molecule has 1 atom stereocenters. The van der Waals surface area contributed by atoms with Gasteiger partial charge in [-0.25, -0.2) is 0 Å². The number of nitrogens with zero attached hydrogens (tertiary/aromatic N) is 2. The highest BCUT2D eigenvalue weighted by Crippen LogP contribution is 2.19. The minimum absolute atomic E-state index is 0.121. The van der Waals surface area contributed by atoms with E-state index >= 15 is 0 Å². The molecule has 0 spiro atoms. The van der Waals surface area contributed by atoms with Gasteiger partial charge in [-0.2, -0.15) is 0 Å². The van der Waals surface area contributed by atoms with E-state index in [0.717, 1.165) is 45.3 Å². The third-order valence-electron chi connectivity index (χ3n) is 4.59. The maximum Gasteiger partial charge on any atom is 0.239 e. The maximum absolute atomic E-state index is 12.7. The van der Waals surface area contributed by atoms with Crippen molar-refractivity contribution in [1.82, 2.24) is 9.80 Å². The van der Waals surface area contributed by atoms with E-state index in [1.807, 2.05) is 18.0 Å². The summed E-state index contributed by atoms with van der Waals surface area (Å²) in [5, 5.41) is 0. The lowest BCUT2D eigenvalue weighted by molar-refractivity contribution is -0.137. The SMILES string of the molecule is CCCN1CCCCC1C(=O)N(C)CCCc1ccccc1. The lowest BCUT2D eigenvalue weighted by atomic mass is 10.0. The average molecular weight is 302 g/mol. The molecule has 122 valence electrons. The number of amides is 1. The molecule has 3 heteroatoms. The summed E-state index contributed by atoms with van der Waals surface area (Å²) in [7, 11) is 1.96. The van der Waals surface area contributed by atoms with Crippen molar-refractivity contribution >= 4 is 5.91 Å². The molecule has 3 nitrogen and oxygen atoms in total. The van der Waals surface area contributed by atoms with Crippen molar-refractivity contribution in [3.05, 3.63) is 35.9 Å². The predicted molar refractivity (Wildman–Crippen MR) is 91.9 cm³/mol. The van der Waals surface area contributed by atoms with Crippen LogP contribution in [0.4, 0.5) is 0 Å². The number of rotatable bonds is 7. The molecule has 1 aromatic rings. The minimum atomic E-state index is 0.121. The normalized spacial score (nSPS) is 19.1. The lowest BCUT2D eigenvalue weighted by Gasteiger charge is -2.36. The van der Waals surface area contributed by atoms with Crippen LogP contribution in [0.2, 0.25) is 0 Å². The number of hydrogen-bond acceptors (Lipinski definition) is 2. The fourth-order valence-electron chi connectivity index (χ4n) is 3.36. The quantitative estimate of drug-likeness (QED) is 0.771. The number of benzene rings is 1. The first-order valence-corrected chi connectivity index (χ1v) is 8.75. The van der Waals surface area contributed by atoms with Gasteiger partial charge in [0.15, 0.2) is 0 Å². The Morgan fingerprint density at radius 1 is 1.27 bits per heavy atom. The molecule has 1 fully saturated rings. The van der Waals surface area contributed by atoms with Gasteiger partial charge in [-0.1, -0.05) is 43.7 Å². The van der Waals surface area contributed by atoms with Gasteiger partial charge in [0.05, 0.1) is 6.04 Å². The summed E-state index contributed by atoms with van der Waals surface area (Å²) in [6, 6.07) is 10.6. The molecule has 1 aliphatic heterocycles. The fraction of sp³-hybridized carbons (Fsp3) is 0.632. The average Bonchev–Trinajstić information content (AvgIpc) is 2.56. The molecule has 1 unspecified atom stereocenters. The van der Waals surface area contributed by atoms with Gasteiger partial charge >= 0.3 is 0 Å². The number of aryl methyl sites for hydroxylation is 1. The highest BCUT2D eigenvalue weighted by atomic mass is 16.2. The monoisotopic (exact) mass is 302 g/mol. The van der Waals surface area contributed by atoms with Crippen molar-refractivity contribution in [2.45, 2.75) is 51.5 Å². The van der Waals surface area contributed by atoms with Crippen molar-refractivity contribution in [2.75, 3.05) is 26.7 Å². The van der Waals surface area contributed by atoms with Crippen LogP contribution in [-0.2, 0) is 11.2 Å². The van der Waals surface area contributed by atoms with Crippen LogP contribution in [-0.4, -0.2) is 48.4 Å². The molecule has 1 saturated heterocycles. The van der Waals surface area contributed by atoms with Crippen molar-refractivity contribution in [2.24, 2.45) is 0 Å². The molecule has 2 rings (SSSR count). The molecule has 0 radical (unpaired) electrons. The first-order chi connectivity index (χ1) is 10.7. The molecular weight excluding hydrogens is 272 g/mol. The van der Waals surface area contributed by atoms with Crippen molar-refractivity contribution in [3.63, 3.8) is 0 Å². The number of likely N-dealkylation sites (tertiary alicyclic amines) is 1. The standard InChI is InChI=1S/C19H30N2O/c1-3-14-21-16-8-7-13-18(21)19(22)20(2)15-9-12-17-10-5-4-6-11-17/h4-6,10-11,18H,3,7-9,12-16H2,1-2H3. The second kappa shape index (κ2) is 8.94. The number of likely N-dealkylation sites (N-methyl/N-ethyl adjacent to an activating group) is 1. The van der Waals surface area contributed by atoms with Gasteiger partial charge in [-0.05, 0) is 50.8 Å². The Kier molecular flexibility index (Phi) is 6.91. The van der Waals surface area contributed by atoms with Gasteiger partial charge < -0.3 is 4.90 Å². The van der Waals surface area contributed by atoms with Gasteiger partial charge in [0.25, 0.3) is 0 Å². The van der Waals surface area contributed by atoms with E-state index in [1.165, 1.54) is 18.4 Å². The Bertz CT molecular complexity index is 444. The van der Waals surface area contributed by atoms with Gasteiger partial charge in [0.2, 0.25) is 5.91 Å². The molecule has 1 aromatic carbocycles. The summed E-state index contributed by atoms with van der Waals surface area (Å²) >= 11 is 0. The number of hydrogen-bond donors (Lipinski definition) is 0. The predicted octanol–water partition coefficient (Wildman–Crippen LogP) is 3.34. The van der Waals surface area contributed by atoms with E-state index < -0.39 is 0 Å². The third-order valence-corrected chi connectivity index (χ3v) is 4.59. The minimum Gasteiger partial charge on any atom is -0.344 e.